The first-order chi connectivity index (χ1) is 9.10. The van der Waals surface area contributed by atoms with E-state index in [2.05, 4.69) is 26.0 Å². The number of nitrogens with zero attached hydrogens (tertiary/aromatic N) is 2. The summed E-state index contributed by atoms with van der Waals surface area (Å²) in [5.74, 6) is 0.253. The molecular weight excluding hydrogens is 313 g/mol. The Bertz CT molecular complexity index is 473. The van der Waals surface area contributed by atoms with Gasteiger partial charge in [0.05, 0.1) is 0 Å². The second-order valence-electron chi connectivity index (χ2n) is 4.81. The third-order valence-corrected chi connectivity index (χ3v) is 4.02. The van der Waals surface area contributed by atoms with Crippen molar-refractivity contribution in [1.29, 1.82) is 0 Å². The second-order valence-corrected chi connectivity index (χ2v) is 5.73. The largest absolute Gasteiger partial charge is 0.409 e. The fraction of sp³-hybridized carbons (Fsp3) is 0.462. The highest BCUT2D eigenvalue weighted by molar-refractivity contribution is 9.10. The van der Waals surface area contributed by atoms with Crippen molar-refractivity contribution in [3.63, 3.8) is 0 Å². The highest BCUT2D eigenvalue weighted by atomic mass is 79.9. The third-order valence-electron chi connectivity index (χ3n) is 3.52. The number of rotatable bonds is 3. The molecule has 0 saturated carbocycles. The van der Waals surface area contributed by atoms with Crippen molar-refractivity contribution in [3.8, 4) is 0 Å². The Morgan fingerprint density at radius 3 is 2.79 bits per heavy atom. The van der Waals surface area contributed by atoms with Crippen LogP contribution in [0.15, 0.2) is 27.8 Å². The van der Waals surface area contributed by atoms with E-state index in [4.69, 9.17) is 10.9 Å². The summed E-state index contributed by atoms with van der Waals surface area (Å²) in [6.45, 7) is 2.24. The van der Waals surface area contributed by atoms with Crippen molar-refractivity contribution in [2.24, 2.45) is 16.8 Å². The maximum atomic E-state index is 13.7. The molecular formula is C13H17BrFN3O. The maximum absolute atomic E-state index is 13.7. The molecule has 1 aliphatic heterocycles. The molecule has 104 valence electrons. The molecule has 0 atom stereocenters. The minimum absolute atomic E-state index is 0.133. The summed E-state index contributed by atoms with van der Waals surface area (Å²) in [4.78, 5) is 2.19. The molecule has 1 aromatic carbocycles. The van der Waals surface area contributed by atoms with Gasteiger partial charge in [-0.25, -0.2) is 4.39 Å². The molecule has 1 aromatic rings. The smallest absolute Gasteiger partial charge is 0.142 e. The third kappa shape index (κ3) is 3.67. The maximum Gasteiger partial charge on any atom is 0.142 e. The topological polar surface area (TPSA) is 61.9 Å². The van der Waals surface area contributed by atoms with Crippen molar-refractivity contribution < 1.29 is 9.60 Å². The van der Waals surface area contributed by atoms with E-state index < -0.39 is 0 Å². The number of piperidine rings is 1. The average molecular weight is 330 g/mol. The molecule has 0 radical (unpaired) electrons. The summed E-state index contributed by atoms with van der Waals surface area (Å²) >= 11 is 3.35. The predicted molar refractivity (Wildman–Crippen MR) is 75.5 cm³/mol. The van der Waals surface area contributed by atoms with E-state index in [1.807, 2.05) is 6.07 Å². The molecule has 19 heavy (non-hydrogen) atoms. The van der Waals surface area contributed by atoms with Gasteiger partial charge in [-0.3, -0.25) is 4.90 Å². The molecule has 1 saturated heterocycles. The lowest BCUT2D eigenvalue weighted by atomic mass is 9.95. The van der Waals surface area contributed by atoms with Gasteiger partial charge in [0, 0.05) is 22.5 Å². The van der Waals surface area contributed by atoms with Crippen LogP contribution < -0.4 is 5.73 Å². The Morgan fingerprint density at radius 2 is 2.16 bits per heavy atom. The zero-order chi connectivity index (χ0) is 13.8. The number of amidine groups is 1. The van der Waals surface area contributed by atoms with E-state index in [1.54, 1.807) is 6.07 Å². The Labute approximate surface area is 120 Å². The van der Waals surface area contributed by atoms with Gasteiger partial charge in [0.2, 0.25) is 0 Å². The fourth-order valence-electron chi connectivity index (χ4n) is 2.37. The number of oxime groups is 1. The summed E-state index contributed by atoms with van der Waals surface area (Å²) in [7, 11) is 0. The van der Waals surface area contributed by atoms with Crippen LogP contribution >= 0.6 is 15.9 Å². The number of halogens is 2. The van der Waals surface area contributed by atoms with Crippen molar-refractivity contribution in [1.82, 2.24) is 4.90 Å². The van der Waals surface area contributed by atoms with E-state index in [0.29, 0.717) is 17.9 Å². The van der Waals surface area contributed by atoms with Gasteiger partial charge in [0.1, 0.15) is 11.7 Å². The van der Waals surface area contributed by atoms with Crippen LogP contribution in [0.3, 0.4) is 0 Å². The first kappa shape index (κ1) is 14.3. The van der Waals surface area contributed by atoms with Crippen LogP contribution in [0, 0.1) is 11.7 Å². The molecule has 0 spiro atoms. The molecule has 0 amide bonds. The molecule has 0 aromatic heterocycles. The quantitative estimate of drug-likeness (QED) is 0.387. The van der Waals surface area contributed by atoms with Gasteiger partial charge < -0.3 is 10.9 Å². The summed E-state index contributed by atoms with van der Waals surface area (Å²) in [5.41, 5.74) is 6.30. The summed E-state index contributed by atoms with van der Waals surface area (Å²) in [5, 5.41) is 11.7. The van der Waals surface area contributed by atoms with Crippen molar-refractivity contribution in [3.05, 3.63) is 34.1 Å². The van der Waals surface area contributed by atoms with E-state index >= 15 is 0 Å². The van der Waals surface area contributed by atoms with Gasteiger partial charge in [-0.05, 0) is 44.1 Å². The Balaban J connectivity index is 1.94. The molecule has 0 aliphatic carbocycles. The summed E-state index contributed by atoms with van der Waals surface area (Å²) in [6, 6.07) is 4.98. The van der Waals surface area contributed by atoms with E-state index in [-0.39, 0.29) is 11.7 Å². The van der Waals surface area contributed by atoms with Crippen molar-refractivity contribution in [2.75, 3.05) is 13.1 Å². The molecule has 3 N–H and O–H groups in total. The molecule has 2 rings (SSSR count). The molecule has 1 fully saturated rings. The highest BCUT2D eigenvalue weighted by Crippen LogP contribution is 2.22. The normalized spacial score (nSPS) is 18.7. The van der Waals surface area contributed by atoms with Crippen LogP contribution in [0.1, 0.15) is 18.4 Å². The van der Waals surface area contributed by atoms with Gasteiger partial charge in [-0.2, -0.15) is 0 Å². The molecule has 0 unspecified atom stereocenters. The Kier molecular flexibility index (Phi) is 4.76. The van der Waals surface area contributed by atoms with Gasteiger partial charge >= 0.3 is 0 Å². The zero-order valence-electron chi connectivity index (χ0n) is 10.5. The second kappa shape index (κ2) is 6.34. The van der Waals surface area contributed by atoms with Gasteiger partial charge in [-0.1, -0.05) is 21.1 Å². The summed E-state index contributed by atoms with van der Waals surface area (Å²) < 4.78 is 14.5. The lowest BCUT2D eigenvalue weighted by molar-refractivity contribution is 0.196. The van der Waals surface area contributed by atoms with Crippen LogP contribution in [0.4, 0.5) is 4.39 Å². The van der Waals surface area contributed by atoms with Gasteiger partial charge in [0.15, 0.2) is 0 Å². The number of hydrogen-bond acceptors (Lipinski definition) is 3. The van der Waals surface area contributed by atoms with Crippen molar-refractivity contribution in [2.45, 2.75) is 19.4 Å². The molecule has 0 bridgehead atoms. The van der Waals surface area contributed by atoms with E-state index in [0.717, 1.165) is 30.4 Å². The molecule has 4 nitrogen and oxygen atoms in total. The van der Waals surface area contributed by atoms with Crippen molar-refractivity contribution >= 4 is 21.8 Å². The van der Waals surface area contributed by atoms with Crippen LogP contribution in [0.5, 0.6) is 0 Å². The zero-order valence-corrected chi connectivity index (χ0v) is 12.1. The lowest BCUT2D eigenvalue weighted by Gasteiger charge is -2.31. The van der Waals surface area contributed by atoms with E-state index in [9.17, 15) is 4.39 Å². The fourth-order valence-corrected chi connectivity index (χ4v) is 2.78. The average Bonchev–Trinajstić information content (AvgIpc) is 2.43. The number of likely N-dealkylation sites (tertiary alicyclic amines) is 1. The Morgan fingerprint density at radius 1 is 1.47 bits per heavy atom. The monoisotopic (exact) mass is 329 g/mol. The first-order valence-corrected chi connectivity index (χ1v) is 7.03. The first-order valence-electron chi connectivity index (χ1n) is 6.24. The number of nitrogens with two attached hydrogens (primary N) is 1. The van der Waals surface area contributed by atoms with Crippen LogP contribution in [0.2, 0.25) is 0 Å². The van der Waals surface area contributed by atoms with Crippen LogP contribution in [-0.2, 0) is 6.54 Å². The van der Waals surface area contributed by atoms with Gasteiger partial charge in [0.25, 0.3) is 0 Å². The molecule has 6 heteroatoms. The van der Waals surface area contributed by atoms with Gasteiger partial charge in [-0.15, -0.1) is 0 Å². The Hall–Kier alpha value is -1.14. The number of hydrogen-bond donors (Lipinski definition) is 2. The minimum atomic E-state index is -0.179. The number of benzene rings is 1. The SMILES string of the molecule is NC(=NO)C1CCN(Cc2cc(Br)ccc2F)CC1. The predicted octanol–water partition coefficient (Wildman–Crippen LogP) is 2.55. The molecule has 1 aliphatic rings. The minimum Gasteiger partial charge on any atom is -0.409 e. The molecule has 1 heterocycles. The summed E-state index contributed by atoms with van der Waals surface area (Å²) in [6.07, 6.45) is 1.68. The van der Waals surface area contributed by atoms with E-state index in [1.165, 1.54) is 6.07 Å². The highest BCUT2D eigenvalue weighted by Gasteiger charge is 2.22. The standard InChI is InChI=1S/C13H17BrFN3O/c14-11-1-2-12(15)10(7-11)8-18-5-3-9(4-6-18)13(16)17-19/h1-2,7,9,19H,3-6,8H2,(H2,16,17). The van der Waals surface area contributed by atoms with Crippen LogP contribution in [-0.4, -0.2) is 29.0 Å². The lowest BCUT2D eigenvalue weighted by Crippen LogP contribution is -2.38. The van der Waals surface area contributed by atoms with Crippen LogP contribution in [0.25, 0.3) is 0 Å².